The van der Waals surface area contributed by atoms with Crippen LogP contribution in [-0.2, 0) is 19.2 Å². The molecule has 3 amide bonds. The van der Waals surface area contributed by atoms with Crippen LogP contribution in [-0.4, -0.2) is 74.3 Å². The number of Topliss-reactive ketones (excluding diaryl/α,β-unsaturated/α-hetero) is 1. The van der Waals surface area contributed by atoms with E-state index in [1.807, 2.05) is 18.2 Å². The lowest BCUT2D eigenvalue weighted by atomic mass is 9.98. The molecule has 41 heavy (non-hydrogen) atoms. The van der Waals surface area contributed by atoms with Gasteiger partial charge in [0.25, 0.3) is 5.89 Å². The summed E-state index contributed by atoms with van der Waals surface area (Å²) in [5, 5.41) is 22.2. The second-order valence-corrected chi connectivity index (χ2v) is 11.0. The van der Waals surface area contributed by atoms with Crippen LogP contribution in [0, 0.1) is 11.8 Å². The second kappa shape index (κ2) is 14.5. The largest absolute Gasteiger partial charge is 0.481 e. The lowest BCUT2D eigenvalue weighted by Gasteiger charge is -2.31. The summed E-state index contributed by atoms with van der Waals surface area (Å²) in [4.78, 5) is 64.9. The summed E-state index contributed by atoms with van der Waals surface area (Å²) < 4.78 is 5.61. The van der Waals surface area contributed by atoms with Crippen LogP contribution in [0.1, 0.15) is 76.9 Å². The number of rotatable bonds is 14. The molecule has 12 heteroatoms. The molecule has 3 N–H and O–H groups in total. The highest BCUT2D eigenvalue weighted by atomic mass is 16.4. The van der Waals surface area contributed by atoms with Crippen LogP contribution in [0.25, 0.3) is 11.5 Å². The average Bonchev–Trinajstić information content (AvgIpc) is 3.63. The number of aliphatic carboxylic acids is 1. The van der Waals surface area contributed by atoms with Crippen molar-refractivity contribution in [3.63, 3.8) is 0 Å². The van der Waals surface area contributed by atoms with Crippen molar-refractivity contribution in [1.29, 1.82) is 0 Å². The number of nitrogens with zero attached hydrogens (tertiary/aromatic N) is 3. The van der Waals surface area contributed by atoms with E-state index >= 15 is 0 Å². The lowest BCUT2D eigenvalue weighted by Crippen LogP contribution is -2.57. The molecule has 1 fully saturated rings. The van der Waals surface area contributed by atoms with E-state index in [0.717, 1.165) is 0 Å². The maximum atomic E-state index is 13.5. The molecule has 12 nitrogen and oxygen atoms in total. The third kappa shape index (κ3) is 8.45. The van der Waals surface area contributed by atoms with E-state index in [2.05, 4.69) is 20.8 Å². The normalized spacial score (nSPS) is 16.4. The molecule has 1 aliphatic rings. The van der Waals surface area contributed by atoms with Crippen LogP contribution in [0.5, 0.6) is 0 Å². The minimum Gasteiger partial charge on any atom is -0.481 e. The third-order valence-corrected chi connectivity index (χ3v) is 7.04. The zero-order valence-electron chi connectivity index (χ0n) is 24.0. The van der Waals surface area contributed by atoms with Crippen LogP contribution in [0.15, 0.2) is 34.7 Å². The van der Waals surface area contributed by atoms with Gasteiger partial charge in [-0.1, -0.05) is 45.9 Å². The van der Waals surface area contributed by atoms with Gasteiger partial charge in [0.05, 0.1) is 6.04 Å². The van der Waals surface area contributed by atoms with Gasteiger partial charge in [-0.25, -0.2) is 0 Å². The fourth-order valence-electron chi connectivity index (χ4n) is 4.74. The third-order valence-electron chi connectivity index (χ3n) is 7.04. The van der Waals surface area contributed by atoms with Gasteiger partial charge in [-0.15, -0.1) is 10.2 Å². The number of carbonyl (C=O) groups is 5. The Morgan fingerprint density at radius 3 is 2.24 bits per heavy atom. The Kier molecular flexibility index (Phi) is 11.1. The molecule has 3 atom stereocenters. The van der Waals surface area contributed by atoms with Gasteiger partial charge in [-0.3, -0.25) is 24.0 Å². The van der Waals surface area contributed by atoms with Gasteiger partial charge >= 0.3 is 5.97 Å². The maximum Gasteiger partial charge on any atom is 0.303 e. The first-order valence-corrected chi connectivity index (χ1v) is 14.0. The van der Waals surface area contributed by atoms with Crippen molar-refractivity contribution >= 4 is 29.5 Å². The molecule has 1 aromatic carbocycles. The number of hydrogen-bond donors (Lipinski definition) is 3. The molecule has 0 saturated carbocycles. The molecule has 0 radical (unpaired) electrons. The molecule has 2 heterocycles. The number of benzene rings is 1. The number of likely N-dealkylation sites (tertiary alicyclic amines) is 1. The molecule has 1 aromatic heterocycles. The number of nitrogens with one attached hydrogen (secondary N) is 2. The number of carboxylic acids is 1. The van der Waals surface area contributed by atoms with Crippen LogP contribution < -0.4 is 10.6 Å². The van der Waals surface area contributed by atoms with E-state index in [1.165, 1.54) is 4.90 Å². The van der Waals surface area contributed by atoms with Crippen molar-refractivity contribution in [2.75, 3.05) is 6.54 Å². The zero-order chi connectivity index (χ0) is 30.1. The summed E-state index contributed by atoms with van der Waals surface area (Å²) in [7, 11) is 0. The number of carboxylic acid groups (broad SMARTS) is 1. The van der Waals surface area contributed by atoms with E-state index in [-0.39, 0.29) is 48.3 Å². The van der Waals surface area contributed by atoms with Crippen molar-refractivity contribution < 1.29 is 33.5 Å². The Morgan fingerprint density at radius 1 is 0.951 bits per heavy atom. The molecule has 0 spiro atoms. The Morgan fingerprint density at radius 2 is 1.61 bits per heavy atom. The number of hydrogen-bond acceptors (Lipinski definition) is 8. The van der Waals surface area contributed by atoms with Crippen LogP contribution in [0.4, 0.5) is 0 Å². The molecule has 0 aliphatic carbocycles. The summed E-state index contributed by atoms with van der Waals surface area (Å²) in [6, 6.07) is 6.43. The van der Waals surface area contributed by atoms with Gasteiger partial charge in [-0.05, 0) is 49.7 Å². The number of carbonyl (C=O) groups excluding carboxylic acids is 4. The Bertz CT molecular complexity index is 1230. The SMILES string of the molecule is CC(C)[C@H](NC(=O)[C@H]1CCCN1C(=O)[C@@H](NC(=O)CCCCC(=O)O)C(C)C)C(=O)c1nnc(-c2ccccc2)o1. The van der Waals surface area contributed by atoms with Gasteiger partial charge < -0.3 is 25.1 Å². The van der Waals surface area contributed by atoms with E-state index < -0.39 is 35.8 Å². The summed E-state index contributed by atoms with van der Waals surface area (Å²) in [5.41, 5.74) is 0.663. The molecule has 1 saturated heterocycles. The van der Waals surface area contributed by atoms with Crippen LogP contribution in [0.3, 0.4) is 0 Å². The Labute approximate surface area is 239 Å². The number of aromatic nitrogens is 2. The van der Waals surface area contributed by atoms with E-state index in [0.29, 0.717) is 37.8 Å². The van der Waals surface area contributed by atoms with Crippen molar-refractivity contribution in [3.05, 3.63) is 36.2 Å². The Hall–Kier alpha value is -4.09. The van der Waals surface area contributed by atoms with Crippen molar-refractivity contribution in [1.82, 2.24) is 25.7 Å². The lowest BCUT2D eigenvalue weighted by molar-refractivity contribution is -0.142. The van der Waals surface area contributed by atoms with Crippen LogP contribution in [0.2, 0.25) is 0 Å². The van der Waals surface area contributed by atoms with Gasteiger partial charge in [0.15, 0.2) is 0 Å². The number of unbranched alkanes of at least 4 members (excludes halogenated alkanes) is 1. The number of amides is 3. The molecule has 3 rings (SSSR count). The number of ketones is 1. The molecule has 222 valence electrons. The van der Waals surface area contributed by atoms with E-state index in [1.54, 1.807) is 39.8 Å². The first-order valence-electron chi connectivity index (χ1n) is 14.0. The van der Waals surface area contributed by atoms with Crippen LogP contribution >= 0.6 is 0 Å². The first kappa shape index (κ1) is 31.4. The molecule has 0 bridgehead atoms. The predicted molar refractivity (Wildman–Crippen MR) is 148 cm³/mol. The quantitative estimate of drug-likeness (QED) is 0.228. The van der Waals surface area contributed by atoms with Gasteiger partial charge in [0.2, 0.25) is 29.4 Å². The highest BCUT2D eigenvalue weighted by molar-refractivity contribution is 6.00. The summed E-state index contributed by atoms with van der Waals surface area (Å²) in [6.07, 6.45) is 1.86. The fraction of sp³-hybridized carbons (Fsp3) is 0.552. The fourth-order valence-corrected chi connectivity index (χ4v) is 4.74. The van der Waals surface area contributed by atoms with Gasteiger partial charge in [0.1, 0.15) is 12.1 Å². The molecule has 2 aromatic rings. The molecular formula is C29H39N5O7. The average molecular weight is 570 g/mol. The first-order chi connectivity index (χ1) is 19.5. The zero-order valence-corrected chi connectivity index (χ0v) is 24.0. The monoisotopic (exact) mass is 569 g/mol. The van der Waals surface area contributed by atoms with Crippen molar-refractivity contribution in [3.8, 4) is 11.5 Å². The summed E-state index contributed by atoms with van der Waals surface area (Å²) >= 11 is 0. The van der Waals surface area contributed by atoms with E-state index in [4.69, 9.17) is 9.52 Å². The summed E-state index contributed by atoms with van der Waals surface area (Å²) in [5.74, 6) is -3.18. The maximum absolute atomic E-state index is 13.5. The summed E-state index contributed by atoms with van der Waals surface area (Å²) in [6.45, 7) is 7.53. The Balaban J connectivity index is 1.66. The highest BCUT2D eigenvalue weighted by Gasteiger charge is 2.40. The van der Waals surface area contributed by atoms with Gasteiger partial charge in [-0.2, -0.15) is 0 Å². The van der Waals surface area contributed by atoms with Crippen molar-refractivity contribution in [2.24, 2.45) is 11.8 Å². The minimum atomic E-state index is -0.949. The topological polar surface area (TPSA) is 172 Å². The van der Waals surface area contributed by atoms with Gasteiger partial charge in [0, 0.05) is 24.9 Å². The standard InChI is InChI=1S/C29H39N5O7/c1-17(2)23(25(38)28-33-32-27(41-28)19-11-6-5-7-12-19)31-26(39)20-13-10-16-34(20)29(40)24(18(3)4)30-21(35)14-8-9-15-22(36)37/h5-7,11-12,17-18,20,23-24H,8-10,13-16H2,1-4H3,(H,30,35)(H,31,39)(H,36,37)/t20-,23+,24+/m1/s1. The molecule has 0 unspecified atom stereocenters. The van der Waals surface area contributed by atoms with E-state index in [9.17, 15) is 24.0 Å². The predicted octanol–water partition coefficient (Wildman–Crippen LogP) is 2.84. The van der Waals surface area contributed by atoms with Crippen molar-refractivity contribution in [2.45, 2.75) is 84.3 Å². The molecular weight excluding hydrogens is 530 g/mol. The second-order valence-electron chi connectivity index (χ2n) is 11.0. The smallest absolute Gasteiger partial charge is 0.303 e. The minimum absolute atomic E-state index is 0.0229. The molecule has 1 aliphatic heterocycles. The highest BCUT2D eigenvalue weighted by Crippen LogP contribution is 2.23.